The fourth-order valence-corrected chi connectivity index (χ4v) is 1.41. The predicted octanol–water partition coefficient (Wildman–Crippen LogP) is -0.284. The third-order valence-corrected chi connectivity index (χ3v) is 2.41. The van der Waals surface area contributed by atoms with Crippen LogP contribution < -0.4 is 5.32 Å². The molecule has 1 saturated heterocycles. The molecule has 5 nitrogen and oxygen atoms in total. The Morgan fingerprint density at radius 3 is 2.77 bits per heavy atom. The number of alkyl carbamates (subject to hydrolysis) is 1. The summed E-state index contributed by atoms with van der Waals surface area (Å²) >= 11 is 0. The van der Waals surface area contributed by atoms with E-state index in [9.17, 15) is 9.59 Å². The van der Waals surface area contributed by atoms with Gasteiger partial charge >= 0.3 is 6.09 Å². The first-order valence-corrected chi connectivity index (χ1v) is 4.38. The molecule has 1 aliphatic heterocycles. The Hall–Kier alpha value is -1.26. The molecule has 0 radical (unpaired) electrons. The second-order valence-electron chi connectivity index (χ2n) is 3.48. The highest BCUT2D eigenvalue weighted by atomic mass is 16.6. The standard InChI is InChI=1S/C8H12N2O3/c1-10(5-2-3-5)7(11)6-4-13-8(12)9-6/h5-6H,2-4H2,1H3,(H,9,12). The number of amides is 2. The van der Waals surface area contributed by atoms with Crippen molar-refractivity contribution in [2.45, 2.75) is 24.9 Å². The largest absolute Gasteiger partial charge is 0.447 e. The number of rotatable bonds is 2. The summed E-state index contributed by atoms with van der Waals surface area (Å²) in [6.45, 7) is 0.161. The Morgan fingerprint density at radius 2 is 2.31 bits per heavy atom. The molecule has 1 N–H and O–H groups in total. The monoisotopic (exact) mass is 184 g/mol. The van der Waals surface area contributed by atoms with Crippen LogP contribution in [0.3, 0.4) is 0 Å². The topological polar surface area (TPSA) is 58.6 Å². The van der Waals surface area contributed by atoms with Gasteiger partial charge in [-0.15, -0.1) is 0 Å². The molecule has 0 aromatic rings. The number of carbonyl (C=O) groups is 2. The Bertz CT molecular complexity index is 250. The maximum Gasteiger partial charge on any atom is 0.407 e. The predicted molar refractivity (Wildman–Crippen MR) is 44.1 cm³/mol. The van der Waals surface area contributed by atoms with Gasteiger partial charge in [-0.1, -0.05) is 0 Å². The molecular formula is C8H12N2O3. The van der Waals surface area contributed by atoms with E-state index in [0.29, 0.717) is 6.04 Å². The van der Waals surface area contributed by atoms with Crippen LogP contribution in [0.25, 0.3) is 0 Å². The normalized spacial score (nSPS) is 26.5. The van der Waals surface area contributed by atoms with Gasteiger partial charge in [-0.2, -0.15) is 0 Å². The van der Waals surface area contributed by atoms with E-state index in [1.807, 2.05) is 0 Å². The number of ether oxygens (including phenoxy) is 1. The zero-order chi connectivity index (χ0) is 9.42. The number of nitrogens with zero attached hydrogens (tertiary/aromatic N) is 1. The van der Waals surface area contributed by atoms with Crippen molar-refractivity contribution < 1.29 is 14.3 Å². The van der Waals surface area contributed by atoms with Crippen LogP contribution in [0.4, 0.5) is 4.79 Å². The first-order valence-electron chi connectivity index (χ1n) is 4.38. The molecule has 72 valence electrons. The Morgan fingerprint density at radius 1 is 1.62 bits per heavy atom. The zero-order valence-electron chi connectivity index (χ0n) is 7.45. The van der Waals surface area contributed by atoms with E-state index in [1.165, 1.54) is 0 Å². The molecule has 5 heteroatoms. The maximum absolute atomic E-state index is 11.6. The van der Waals surface area contributed by atoms with Gasteiger partial charge in [0.25, 0.3) is 0 Å². The lowest BCUT2D eigenvalue weighted by molar-refractivity contribution is -0.132. The third-order valence-electron chi connectivity index (χ3n) is 2.41. The molecular weight excluding hydrogens is 172 g/mol. The van der Waals surface area contributed by atoms with Crippen LogP contribution in [-0.4, -0.2) is 42.6 Å². The summed E-state index contributed by atoms with van der Waals surface area (Å²) in [4.78, 5) is 24.0. The first kappa shape index (κ1) is 8.34. The van der Waals surface area contributed by atoms with Crippen molar-refractivity contribution in [2.75, 3.05) is 13.7 Å². The Kier molecular flexibility index (Phi) is 1.86. The lowest BCUT2D eigenvalue weighted by atomic mass is 10.3. The second-order valence-corrected chi connectivity index (χ2v) is 3.48. The van der Waals surface area contributed by atoms with Crippen LogP contribution in [0.5, 0.6) is 0 Å². The molecule has 0 aromatic heterocycles. The van der Waals surface area contributed by atoms with Crippen LogP contribution in [0.1, 0.15) is 12.8 Å². The van der Waals surface area contributed by atoms with Crippen LogP contribution >= 0.6 is 0 Å². The van der Waals surface area contributed by atoms with Gasteiger partial charge in [0, 0.05) is 13.1 Å². The molecule has 1 aliphatic carbocycles. The Labute approximate surface area is 76.0 Å². The third kappa shape index (κ3) is 1.59. The van der Waals surface area contributed by atoms with Gasteiger partial charge in [-0.05, 0) is 12.8 Å². The minimum atomic E-state index is -0.498. The van der Waals surface area contributed by atoms with Gasteiger partial charge < -0.3 is 15.0 Å². The average Bonchev–Trinajstić information content (AvgIpc) is 2.87. The van der Waals surface area contributed by atoms with Crippen molar-refractivity contribution in [3.63, 3.8) is 0 Å². The van der Waals surface area contributed by atoms with Crippen molar-refractivity contribution in [1.82, 2.24) is 10.2 Å². The lowest BCUT2D eigenvalue weighted by Gasteiger charge is -2.18. The summed E-state index contributed by atoms with van der Waals surface area (Å²) < 4.78 is 4.64. The maximum atomic E-state index is 11.6. The summed E-state index contributed by atoms with van der Waals surface area (Å²) in [7, 11) is 1.77. The fourth-order valence-electron chi connectivity index (χ4n) is 1.41. The van der Waals surface area contributed by atoms with Gasteiger partial charge in [0.2, 0.25) is 5.91 Å². The molecule has 1 atom stereocenters. The molecule has 2 aliphatic rings. The number of carbonyl (C=O) groups excluding carboxylic acids is 2. The van der Waals surface area contributed by atoms with Crippen LogP contribution in [0, 0.1) is 0 Å². The van der Waals surface area contributed by atoms with Crippen molar-refractivity contribution in [2.24, 2.45) is 0 Å². The van der Waals surface area contributed by atoms with E-state index in [4.69, 9.17) is 0 Å². The van der Waals surface area contributed by atoms with Crippen molar-refractivity contribution in [3.8, 4) is 0 Å². The highest BCUT2D eigenvalue weighted by Crippen LogP contribution is 2.26. The quantitative estimate of drug-likeness (QED) is 0.642. The summed E-state index contributed by atoms with van der Waals surface area (Å²) in [5.74, 6) is -0.0478. The van der Waals surface area contributed by atoms with E-state index < -0.39 is 12.1 Å². The van der Waals surface area contributed by atoms with Crippen molar-refractivity contribution in [3.05, 3.63) is 0 Å². The molecule has 2 amide bonds. The van der Waals surface area contributed by atoms with Gasteiger partial charge in [0.1, 0.15) is 12.6 Å². The molecule has 2 fully saturated rings. The minimum Gasteiger partial charge on any atom is -0.447 e. The number of likely N-dealkylation sites (N-methyl/N-ethyl adjacent to an activating group) is 1. The van der Waals surface area contributed by atoms with Gasteiger partial charge in [0.05, 0.1) is 0 Å². The van der Waals surface area contributed by atoms with E-state index in [2.05, 4.69) is 10.1 Å². The second kappa shape index (κ2) is 2.90. The van der Waals surface area contributed by atoms with E-state index in [-0.39, 0.29) is 12.5 Å². The van der Waals surface area contributed by atoms with Crippen LogP contribution in [0.2, 0.25) is 0 Å². The summed E-state index contributed by atoms with van der Waals surface area (Å²) in [6, 6.07) is -0.0943. The first-order chi connectivity index (χ1) is 6.18. The zero-order valence-corrected chi connectivity index (χ0v) is 7.45. The smallest absolute Gasteiger partial charge is 0.407 e. The highest BCUT2D eigenvalue weighted by Gasteiger charge is 2.36. The number of hydrogen-bond donors (Lipinski definition) is 1. The molecule has 1 unspecified atom stereocenters. The van der Waals surface area contributed by atoms with Gasteiger partial charge in [-0.3, -0.25) is 4.79 Å². The molecule has 1 saturated carbocycles. The number of nitrogens with one attached hydrogen (secondary N) is 1. The van der Waals surface area contributed by atoms with Crippen LogP contribution in [0.15, 0.2) is 0 Å². The van der Waals surface area contributed by atoms with Gasteiger partial charge in [0.15, 0.2) is 0 Å². The van der Waals surface area contributed by atoms with Crippen molar-refractivity contribution >= 4 is 12.0 Å². The summed E-state index contributed by atoms with van der Waals surface area (Å²) in [5.41, 5.74) is 0. The molecule has 1 heterocycles. The fraction of sp³-hybridized carbons (Fsp3) is 0.750. The van der Waals surface area contributed by atoms with Crippen molar-refractivity contribution in [1.29, 1.82) is 0 Å². The van der Waals surface area contributed by atoms with E-state index in [0.717, 1.165) is 12.8 Å². The molecule has 0 bridgehead atoms. The summed E-state index contributed by atoms with van der Waals surface area (Å²) in [6.07, 6.45) is 1.65. The van der Waals surface area contributed by atoms with Crippen LogP contribution in [-0.2, 0) is 9.53 Å². The molecule has 0 aromatic carbocycles. The highest BCUT2D eigenvalue weighted by molar-refractivity contribution is 5.88. The number of hydrogen-bond acceptors (Lipinski definition) is 3. The average molecular weight is 184 g/mol. The van der Waals surface area contributed by atoms with E-state index in [1.54, 1.807) is 11.9 Å². The minimum absolute atomic E-state index is 0.0478. The SMILES string of the molecule is CN(C(=O)C1COC(=O)N1)C1CC1. The molecule has 2 rings (SSSR count). The van der Waals surface area contributed by atoms with E-state index >= 15 is 0 Å². The summed E-state index contributed by atoms with van der Waals surface area (Å²) in [5, 5.41) is 2.46. The lowest BCUT2D eigenvalue weighted by Crippen LogP contribution is -2.44. The number of cyclic esters (lactones) is 1. The molecule has 0 spiro atoms. The Balaban J connectivity index is 1.92. The molecule has 13 heavy (non-hydrogen) atoms. The van der Waals surface area contributed by atoms with Gasteiger partial charge in [-0.25, -0.2) is 4.79 Å².